The molecule has 0 bridgehead atoms. The largest absolute Gasteiger partial charge is 0.317 e. The first kappa shape index (κ1) is 11.2. The first-order chi connectivity index (χ1) is 8.34. The second-order valence-corrected chi connectivity index (χ2v) is 5.52. The fourth-order valence-electron chi connectivity index (χ4n) is 2.77. The van der Waals surface area contributed by atoms with E-state index >= 15 is 0 Å². The van der Waals surface area contributed by atoms with Crippen molar-refractivity contribution < 1.29 is 0 Å². The van der Waals surface area contributed by atoms with Gasteiger partial charge in [0.15, 0.2) is 0 Å². The summed E-state index contributed by atoms with van der Waals surface area (Å²) in [6.07, 6.45) is 9.34. The lowest BCUT2D eigenvalue weighted by atomic mass is 9.89. The molecule has 1 heterocycles. The highest BCUT2D eigenvalue weighted by Crippen LogP contribution is 2.31. The van der Waals surface area contributed by atoms with E-state index in [9.17, 15) is 0 Å². The van der Waals surface area contributed by atoms with Crippen molar-refractivity contribution in [3.63, 3.8) is 0 Å². The van der Waals surface area contributed by atoms with Gasteiger partial charge in [0.2, 0.25) is 0 Å². The van der Waals surface area contributed by atoms with Gasteiger partial charge in [-0.2, -0.15) is 0 Å². The van der Waals surface area contributed by atoms with Crippen molar-refractivity contribution in [1.82, 2.24) is 20.1 Å². The van der Waals surface area contributed by atoms with Crippen molar-refractivity contribution in [2.45, 2.75) is 63.5 Å². The highest BCUT2D eigenvalue weighted by atomic mass is 15.3. The third-order valence-electron chi connectivity index (χ3n) is 4.10. The predicted molar refractivity (Wildman–Crippen MR) is 66.7 cm³/mol. The van der Waals surface area contributed by atoms with E-state index in [2.05, 4.69) is 27.1 Å². The summed E-state index contributed by atoms with van der Waals surface area (Å²) in [6.45, 7) is 0.876. The minimum Gasteiger partial charge on any atom is -0.317 e. The van der Waals surface area contributed by atoms with Crippen LogP contribution < -0.4 is 5.32 Å². The Hall–Kier alpha value is -0.900. The van der Waals surface area contributed by atoms with Crippen LogP contribution >= 0.6 is 0 Å². The monoisotopic (exact) mass is 234 g/mol. The molecule has 2 aliphatic rings. The van der Waals surface area contributed by atoms with E-state index in [-0.39, 0.29) is 0 Å². The second-order valence-electron chi connectivity index (χ2n) is 5.52. The molecule has 2 fully saturated rings. The molecular formula is C13H22N4. The Kier molecular flexibility index (Phi) is 3.14. The molecule has 0 aromatic carbocycles. The van der Waals surface area contributed by atoms with E-state index < -0.39 is 0 Å². The first-order valence-corrected chi connectivity index (χ1v) is 6.96. The summed E-state index contributed by atoms with van der Waals surface area (Å²) in [5, 5.41) is 12.3. The van der Waals surface area contributed by atoms with Crippen LogP contribution in [-0.4, -0.2) is 20.8 Å². The molecule has 2 saturated carbocycles. The van der Waals surface area contributed by atoms with Crippen LogP contribution in [-0.2, 0) is 13.6 Å². The fraction of sp³-hybridized carbons (Fsp3) is 0.846. The van der Waals surface area contributed by atoms with E-state index in [1.807, 2.05) is 0 Å². The van der Waals surface area contributed by atoms with E-state index in [0.29, 0.717) is 5.92 Å². The lowest BCUT2D eigenvalue weighted by molar-refractivity contribution is 0.419. The maximum absolute atomic E-state index is 4.41. The van der Waals surface area contributed by atoms with Crippen molar-refractivity contribution in [2.75, 3.05) is 0 Å². The minimum atomic E-state index is 0.649. The van der Waals surface area contributed by atoms with Gasteiger partial charge in [0, 0.05) is 19.0 Å². The van der Waals surface area contributed by atoms with E-state index in [1.165, 1.54) is 50.8 Å². The van der Waals surface area contributed by atoms with Gasteiger partial charge >= 0.3 is 0 Å². The lowest BCUT2D eigenvalue weighted by Gasteiger charge is -2.20. The van der Waals surface area contributed by atoms with Gasteiger partial charge in [0.1, 0.15) is 11.6 Å². The summed E-state index contributed by atoms with van der Waals surface area (Å²) in [6, 6.07) is 0.741. The molecule has 1 aromatic rings. The van der Waals surface area contributed by atoms with Crippen molar-refractivity contribution in [3.8, 4) is 0 Å². The average Bonchev–Trinajstić information content (AvgIpc) is 3.12. The molecule has 2 aliphatic carbocycles. The molecule has 0 saturated heterocycles. The molecule has 4 heteroatoms. The van der Waals surface area contributed by atoms with Gasteiger partial charge in [0.25, 0.3) is 0 Å². The third-order valence-corrected chi connectivity index (χ3v) is 4.10. The van der Waals surface area contributed by atoms with Gasteiger partial charge in [-0.1, -0.05) is 19.3 Å². The Morgan fingerprint density at radius 1 is 1.12 bits per heavy atom. The van der Waals surface area contributed by atoms with Gasteiger partial charge < -0.3 is 9.88 Å². The van der Waals surface area contributed by atoms with Crippen LogP contribution in [0.3, 0.4) is 0 Å². The first-order valence-electron chi connectivity index (χ1n) is 6.96. The van der Waals surface area contributed by atoms with Gasteiger partial charge in [-0.15, -0.1) is 10.2 Å². The molecule has 3 rings (SSSR count). The summed E-state index contributed by atoms with van der Waals surface area (Å²) in [7, 11) is 2.12. The van der Waals surface area contributed by atoms with Crippen LogP contribution in [0.2, 0.25) is 0 Å². The molecule has 1 N–H and O–H groups in total. The Morgan fingerprint density at radius 3 is 2.59 bits per heavy atom. The number of nitrogens with one attached hydrogen (secondary N) is 1. The Bertz CT molecular complexity index is 375. The van der Waals surface area contributed by atoms with E-state index in [4.69, 9.17) is 0 Å². The van der Waals surface area contributed by atoms with Gasteiger partial charge in [-0.05, 0) is 25.7 Å². The van der Waals surface area contributed by atoms with E-state index in [0.717, 1.165) is 18.4 Å². The normalized spacial score (nSPS) is 21.9. The van der Waals surface area contributed by atoms with Crippen LogP contribution in [0.15, 0.2) is 0 Å². The summed E-state index contributed by atoms with van der Waals surface area (Å²) in [4.78, 5) is 0. The molecule has 0 spiro atoms. The highest BCUT2D eigenvalue weighted by Gasteiger charge is 2.23. The molecule has 0 atom stereocenters. The summed E-state index contributed by atoms with van der Waals surface area (Å²) < 4.78 is 2.21. The van der Waals surface area contributed by atoms with E-state index in [1.54, 1.807) is 0 Å². The number of nitrogens with zero attached hydrogens (tertiary/aromatic N) is 3. The van der Waals surface area contributed by atoms with Crippen molar-refractivity contribution >= 4 is 0 Å². The Morgan fingerprint density at radius 2 is 1.88 bits per heavy atom. The van der Waals surface area contributed by atoms with Crippen molar-refractivity contribution in [2.24, 2.45) is 7.05 Å². The molecule has 0 aliphatic heterocycles. The number of hydrogen-bond acceptors (Lipinski definition) is 3. The van der Waals surface area contributed by atoms with Crippen LogP contribution in [0.1, 0.15) is 62.5 Å². The smallest absolute Gasteiger partial charge is 0.146 e. The van der Waals surface area contributed by atoms with Crippen LogP contribution in [0.25, 0.3) is 0 Å². The quantitative estimate of drug-likeness (QED) is 0.867. The number of rotatable bonds is 4. The SMILES string of the molecule is Cn1c(CNC2CC2)nnc1C1CCCCC1. The van der Waals surface area contributed by atoms with Gasteiger partial charge in [0.05, 0.1) is 6.54 Å². The fourth-order valence-corrected chi connectivity index (χ4v) is 2.77. The molecular weight excluding hydrogens is 212 g/mol. The molecule has 0 amide bonds. The summed E-state index contributed by atoms with van der Waals surface area (Å²) >= 11 is 0. The molecule has 1 aromatic heterocycles. The lowest BCUT2D eigenvalue weighted by Crippen LogP contribution is -2.19. The summed E-state index contributed by atoms with van der Waals surface area (Å²) in [5.74, 6) is 2.95. The highest BCUT2D eigenvalue weighted by molar-refractivity contribution is 5.03. The minimum absolute atomic E-state index is 0.649. The Balaban J connectivity index is 1.66. The average molecular weight is 234 g/mol. The predicted octanol–water partition coefficient (Wildman–Crippen LogP) is 2.11. The van der Waals surface area contributed by atoms with Crippen LogP contribution in [0.4, 0.5) is 0 Å². The zero-order valence-electron chi connectivity index (χ0n) is 10.7. The zero-order valence-corrected chi connectivity index (χ0v) is 10.7. The molecule has 94 valence electrons. The number of aromatic nitrogens is 3. The van der Waals surface area contributed by atoms with Crippen molar-refractivity contribution in [3.05, 3.63) is 11.6 Å². The maximum Gasteiger partial charge on any atom is 0.146 e. The van der Waals surface area contributed by atoms with Crippen LogP contribution in [0.5, 0.6) is 0 Å². The molecule has 17 heavy (non-hydrogen) atoms. The zero-order chi connectivity index (χ0) is 11.7. The number of hydrogen-bond donors (Lipinski definition) is 1. The Labute approximate surface area is 103 Å². The standard InChI is InChI=1S/C13H22N4/c1-17-12(9-14-11-7-8-11)15-16-13(17)10-5-3-2-4-6-10/h10-11,14H,2-9H2,1H3. The second kappa shape index (κ2) is 4.77. The third kappa shape index (κ3) is 2.51. The summed E-state index contributed by atoms with van der Waals surface area (Å²) in [5.41, 5.74) is 0. The molecule has 0 radical (unpaired) electrons. The van der Waals surface area contributed by atoms with Crippen LogP contribution in [0, 0.1) is 0 Å². The van der Waals surface area contributed by atoms with Gasteiger partial charge in [-0.25, -0.2) is 0 Å². The maximum atomic E-state index is 4.41. The van der Waals surface area contributed by atoms with Crippen molar-refractivity contribution in [1.29, 1.82) is 0 Å². The molecule has 4 nitrogen and oxygen atoms in total. The topological polar surface area (TPSA) is 42.7 Å². The van der Waals surface area contributed by atoms with Gasteiger partial charge in [-0.3, -0.25) is 0 Å². The molecule has 0 unspecified atom stereocenters.